The quantitative estimate of drug-likeness (QED) is 0.881. The number of anilines is 1. The molecule has 2 aliphatic rings. The van der Waals surface area contributed by atoms with E-state index in [-0.39, 0.29) is 24.0 Å². The topological polar surface area (TPSA) is 70.7 Å². The number of nitrogens with one attached hydrogen (secondary N) is 2. The van der Waals surface area contributed by atoms with Crippen molar-refractivity contribution in [3.8, 4) is 5.75 Å². The second-order valence-corrected chi connectivity index (χ2v) is 6.86. The van der Waals surface area contributed by atoms with Crippen molar-refractivity contribution in [2.24, 2.45) is 0 Å². The molecule has 1 saturated heterocycles. The van der Waals surface area contributed by atoms with Crippen LogP contribution in [-0.2, 0) is 4.79 Å². The Bertz CT molecular complexity index is 614. The van der Waals surface area contributed by atoms with Crippen molar-refractivity contribution in [3.63, 3.8) is 0 Å². The van der Waals surface area contributed by atoms with Crippen LogP contribution in [0, 0.1) is 0 Å². The zero-order valence-corrected chi connectivity index (χ0v) is 14.8. The number of benzene rings is 1. The lowest BCUT2D eigenvalue weighted by Gasteiger charge is -2.28. The normalized spacial score (nSPS) is 21.0. The SMILES string of the molecule is COc1cccc(NC(=O)N2CCC[C@@H]2C(=O)NC2CCCCC2)c1. The van der Waals surface area contributed by atoms with E-state index in [2.05, 4.69) is 10.6 Å². The molecular weight excluding hydrogens is 318 g/mol. The Morgan fingerprint density at radius 1 is 1.12 bits per heavy atom. The van der Waals surface area contributed by atoms with Crippen LogP contribution >= 0.6 is 0 Å². The summed E-state index contributed by atoms with van der Waals surface area (Å²) in [6.45, 7) is 0.610. The maximum atomic E-state index is 12.6. The molecule has 0 unspecified atom stereocenters. The van der Waals surface area contributed by atoms with Gasteiger partial charge in [0.1, 0.15) is 11.8 Å². The molecule has 1 saturated carbocycles. The lowest BCUT2D eigenvalue weighted by molar-refractivity contribution is -0.125. The van der Waals surface area contributed by atoms with Crippen LogP contribution in [0.25, 0.3) is 0 Å². The van der Waals surface area contributed by atoms with Crippen molar-refractivity contribution in [2.45, 2.75) is 57.0 Å². The maximum absolute atomic E-state index is 12.6. The third kappa shape index (κ3) is 4.44. The molecule has 3 rings (SSSR count). The third-order valence-corrected chi connectivity index (χ3v) is 5.09. The standard InChI is InChI=1S/C19H27N3O3/c1-25-16-10-5-9-15(13-16)21-19(24)22-12-6-11-17(22)18(23)20-14-7-3-2-4-8-14/h5,9-10,13-14,17H,2-4,6-8,11-12H2,1H3,(H,20,23)(H,21,24)/t17-/m1/s1. The summed E-state index contributed by atoms with van der Waals surface area (Å²) in [4.78, 5) is 26.9. The van der Waals surface area contributed by atoms with Crippen LogP contribution in [0.5, 0.6) is 5.75 Å². The van der Waals surface area contributed by atoms with Gasteiger partial charge in [0.2, 0.25) is 5.91 Å². The van der Waals surface area contributed by atoms with Gasteiger partial charge < -0.3 is 20.3 Å². The Labute approximate surface area is 148 Å². The number of urea groups is 1. The molecule has 0 spiro atoms. The van der Waals surface area contributed by atoms with Crippen LogP contribution in [0.4, 0.5) is 10.5 Å². The summed E-state index contributed by atoms with van der Waals surface area (Å²) in [7, 11) is 1.59. The molecule has 2 fully saturated rings. The fraction of sp³-hybridized carbons (Fsp3) is 0.579. The smallest absolute Gasteiger partial charge is 0.322 e. The van der Waals surface area contributed by atoms with Crippen molar-refractivity contribution >= 4 is 17.6 Å². The first-order chi connectivity index (χ1) is 12.2. The fourth-order valence-electron chi connectivity index (χ4n) is 3.72. The van der Waals surface area contributed by atoms with Gasteiger partial charge in [0.15, 0.2) is 0 Å². The zero-order valence-electron chi connectivity index (χ0n) is 14.8. The van der Waals surface area contributed by atoms with Crippen LogP contribution in [0.15, 0.2) is 24.3 Å². The summed E-state index contributed by atoms with van der Waals surface area (Å²) >= 11 is 0. The third-order valence-electron chi connectivity index (χ3n) is 5.09. The molecule has 1 heterocycles. The lowest BCUT2D eigenvalue weighted by Crippen LogP contribution is -2.50. The average molecular weight is 345 g/mol. The first-order valence-corrected chi connectivity index (χ1v) is 9.19. The number of rotatable bonds is 4. The van der Waals surface area contributed by atoms with Crippen molar-refractivity contribution in [1.82, 2.24) is 10.2 Å². The summed E-state index contributed by atoms with van der Waals surface area (Å²) in [5.74, 6) is 0.677. The number of carbonyl (C=O) groups excluding carboxylic acids is 2. The van der Waals surface area contributed by atoms with E-state index in [1.54, 1.807) is 18.1 Å². The van der Waals surface area contributed by atoms with Gasteiger partial charge in [-0.05, 0) is 37.8 Å². The Hall–Kier alpha value is -2.24. The van der Waals surface area contributed by atoms with Gasteiger partial charge in [-0.1, -0.05) is 25.3 Å². The van der Waals surface area contributed by atoms with Crippen molar-refractivity contribution in [1.29, 1.82) is 0 Å². The van der Waals surface area contributed by atoms with Gasteiger partial charge in [0.25, 0.3) is 0 Å². The Morgan fingerprint density at radius 3 is 2.68 bits per heavy atom. The second kappa shape index (κ2) is 8.23. The van der Waals surface area contributed by atoms with E-state index in [0.29, 0.717) is 18.0 Å². The highest BCUT2D eigenvalue weighted by molar-refractivity contribution is 5.94. The van der Waals surface area contributed by atoms with E-state index in [4.69, 9.17) is 4.74 Å². The van der Waals surface area contributed by atoms with E-state index in [1.165, 1.54) is 19.3 Å². The minimum Gasteiger partial charge on any atom is -0.497 e. The lowest BCUT2D eigenvalue weighted by atomic mass is 9.95. The number of methoxy groups -OCH3 is 1. The monoisotopic (exact) mass is 345 g/mol. The largest absolute Gasteiger partial charge is 0.497 e. The number of carbonyl (C=O) groups is 2. The number of likely N-dealkylation sites (tertiary alicyclic amines) is 1. The van der Waals surface area contributed by atoms with Gasteiger partial charge in [-0.3, -0.25) is 4.79 Å². The molecule has 6 nitrogen and oxygen atoms in total. The molecular formula is C19H27N3O3. The highest BCUT2D eigenvalue weighted by Gasteiger charge is 2.35. The second-order valence-electron chi connectivity index (χ2n) is 6.86. The van der Waals surface area contributed by atoms with Gasteiger partial charge in [0, 0.05) is 24.3 Å². The summed E-state index contributed by atoms with van der Waals surface area (Å²) in [6, 6.07) is 6.91. The molecule has 136 valence electrons. The molecule has 2 N–H and O–H groups in total. The summed E-state index contributed by atoms with van der Waals surface area (Å²) in [5, 5.41) is 6.02. The van der Waals surface area contributed by atoms with Crippen molar-refractivity contribution in [3.05, 3.63) is 24.3 Å². The average Bonchev–Trinajstić information content (AvgIpc) is 3.13. The van der Waals surface area contributed by atoms with Gasteiger partial charge in [0.05, 0.1) is 7.11 Å². The molecule has 1 aromatic rings. The molecule has 1 aliphatic carbocycles. The van der Waals surface area contributed by atoms with Gasteiger partial charge >= 0.3 is 6.03 Å². The summed E-state index contributed by atoms with van der Waals surface area (Å²) < 4.78 is 5.18. The minimum absolute atomic E-state index is 0.00908. The highest BCUT2D eigenvalue weighted by atomic mass is 16.5. The number of ether oxygens (including phenoxy) is 1. The molecule has 1 aromatic carbocycles. The first kappa shape index (κ1) is 17.6. The molecule has 0 aromatic heterocycles. The molecule has 1 aliphatic heterocycles. The molecule has 6 heteroatoms. The molecule has 0 radical (unpaired) electrons. The van der Waals surface area contributed by atoms with Crippen LogP contribution in [0.3, 0.4) is 0 Å². The van der Waals surface area contributed by atoms with Gasteiger partial charge in [-0.15, -0.1) is 0 Å². The maximum Gasteiger partial charge on any atom is 0.322 e. The number of hydrogen-bond donors (Lipinski definition) is 2. The van der Waals surface area contributed by atoms with Crippen LogP contribution < -0.4 is 15.4 Å². The number of amides is 3. The predicted molar refractivity (Wildman–Crippen MR) is 96.8 cm³/mol. The fourth-order valence-corrected chi connectivity index (χ4v) is 3.72. The van der Waals surface area contributed by atoms with E-state index in [9.17, 15) is 9.59 Å². The van der Waals surface area contributed by atoms with E-state index < -0.39 is 0 Å². The Morgan fingerprint density at radius 2 is 1.92 bits per heavy atom. The van der Waals surface area contributed by atoms with E-state index in [0.717, 1.165) is 25.7 Å². The summed E-state index contributed by atoms with van der Waals surface area (Å²) in [5.41, 5.74) is 0.669. The number of hydrogen-bond acceptors (Lipinski definition) is 3. The van der Waals surface area contributed by atoms with Crippen LogP contribution in [-0.4, -0.2) is 42.6 Å². The predicted octanol–water partition coefficient (Wildman–Crippen LogP) is 3.14. The van der Waals surface area contributed by atoms with Crippen molar-refractivity contribution < 1.29 is 14.3 Å². The van der Waals surface area contributed by atoms with Crippen LogP contribution in [0.2, 0.25) is 0 Å². The highest BCUT2D eigenvalue weighted by Crippen LogP contribution is 2.23. The van der Waals surface area contributed by atoms with Crippen molar-refractivity contribution in [2.75, 3.05) is 19.0 Å². The molecule has 1 atom stereocenters. The Kier molecular flexibility index (Phi) is 5.79. The van der Waals surface area contributed by atoms with Crippen LogP contribution in [0.1, 0.15) is 44.9 Å². The first-order valence-electron chi connectivity index (χ1n) is 9.19. The van der Waals surface area contributed by atoms with Gasteiger partial charge in [-0.25, -0.2) is 4.79 Å². The van der Waals surface area contributed by atoms with Gasteiger partial charge in [-0.2, -0.15) is 0 Å². The zero-order chi connectivity index (χ0) is 17.6. The molecule has 3 amide bonds. The van der Waals surface area contributed by atoms with E-state index >= 15 is 0 Å². The number of nitrogens with zero attached hydrogens (tertiary/aromatic N) is 1. The minimum atomic E-state index is -0.368. The van der Waals surface area contributed by atoms with E-state index in [1.807, 2.05) is 18.2 Å². The Balaban J connectivity index is 1.59. The molecule has 25 heavy (non-hydrogen) atoms. The summed E-state index contributed by atoms with van der Waals surface area (Å²) in [6.07, 6.45) is 7.29. The molecule has 0 bridgehead atoms.